The fourth-order valence-corrected chi connectivity index (χ4v) is 5.27. The maximum Gasteiger partial charge on any atom is 0.224 e. The number of hydrogen-bond acceptors (Lipinski definition) is 6. The Morgan fingerprint density at radius 3 is 2.61 bits per heavy atom. The van der Waals surface area contributed by atoms with E-state index in [1.54, 1.807) is 18.3 Å². The van der Waals surface area contributed by atoms with Crippen LogP contribution in [-0.2, 0) is 9.84 Å². The lowest BCUT2D eigenvalue weighted by Gasteiger charge is -2.29. The highest BCUT2D eigenvalue weighted by atomic mass is 32.2. The van der Waals surface area contributed by atoms with Crippen molar-refractivity contribution in [3.05, 3.63) is 54.7 Å². The first-order valence-corrected chi connectivity index (χ1v) is 10.7. The standard InChI is InChI=1S/C20H19N5O2S/c26-28(27,18-7-3-5-14-4-1-2-6-16(14)18)20-17-12-15(13-22-19(17)23-24-20)25-10-8-21-9-11-25/h1-7,12-13,21H,8-11H2,(H,22,23,24). The van der Waals surface area contributed by atoms with Crippen LogP contribution in [-0.4, -0.2) is 49.8 Å². The highest BCUT2D eigenvalue weighted by molar-refractivity contribution is 7.91. The second-order valence-corrected chi connectivity index (χ2v) is 8.69. The number of aromatic nitrogens is 3. The summed E-state index contributed by atoms with van der Waals surface area (Å²) in [5.41, 5.74) is 1.31. The molecule has 2 aromatic heterocycles. The third-order valence-corrected chi connectivity index (χ3v) is 6.93. The predicted molar refractivity (Wildman–Crippen MR) is 108 cm³/mol. The summed E-state index contributed by atoms with van der Waals surface area (Å²) in [5.74, 6) is 0. The summed E-state index contributed by atoms with van der Waals surface area (Å²) < 4.78 is 27.0. The number of hydrogen-bond donors (Lipinski definition) is 2. The van der Waals surface area contributed by atoms with E-state index in [9.17, 15) is 8.42 Å². The van der Waals surface area contributed by atoms with Crippen molar-refractivity contribution in [2.75, 3.05) is 31.1 Å². The van der Waals surface area contributed by atoms with E-state index < -0.39 is 9.84 Å². The largest absolute Gasteiger partial charge is 0.368 e. The lowest BCUT2D eigenvalue weighted by molar-refractivity contribution is 0.589. The van der Waals surface area contributed by atoms with Gasteiger partial charge in [-0.2, -0.15) is 5.10 Å². The van der Waals surface area contributed by atoms with Gasteiger partial charge < -0.3 is 10.2 Å². The fraction of sp³-hybridized carbons (Fsp3) is 0.200. The van der Waals surface area contributed by atoms with E-state index in [0.717, 1.165) is 37.3 Å². The van der Waals surface area contributed by atoms with Gasteiger partial charge in [0.1, 0.15) is 0 Å². The monoisotopic (exact) mass is 393 g/mol. The van der Waals surface area contributed by atoms with Crippen LogP contribution in [0, 0.1) is 0 Å². The second-order valence-electron chi connectivity index (χ2n) is 6.84. The van der Waals surface area contributed by atoms with Crippen LogP contribution in [0.2, 0.25) is 0 Å². The number of aromatic amines is 1. The van der Waals surface area contributed by atoms with Gasteiger partial charge in [-0.25, -0.2) is 13.4 Å². The lowest BCUT2D eigenvalue weighted by atomic mass is 10.1. The van der Waals surface area contributed by atoms with Crippen molar-refractivity contribution in [1.82, 2.24) is 20.5 Å². The predicted octanol–water partition coefficient (Wildman–Crippen LogP) is 2.35. The Bertz CT molecular complexity index is 1270. The zero-order valence-corrected chi connectivity index (χ0v) is 15.9. The Labute approximate surface area is 162 Å². The zero-order valence-electron chi connectivity index (χ0n) is 15.1. The average molecular weight is 393 g/mol. The summed E-state index contributed by atoms with van der Waals surface area (Å²) >= 11 is 0. The molecule has 0 amide bonds. The van der Waals surface area contributed by atoms with E-state index in [4.69, 9.17) is 0 Å². The summed E-state index contributed by atoms with van der Waals surface area (Å²) in [5, 5.41) is 12.3. The number of rotatable bonds is 3. The first-order chi connectivity index (χ1) is 13.6. The molecule has 0 saturated carbocycles. The van der Waals surface area contributed by atoms with Crippen molar-refractivity contribution in [2.24, 2.45) is 0 Å². The van der Waals surface area contributed by atoms with Crippen LogP contribution < -0.4 is 10.2 Å². The quantitative estimate of drug-likeness (QED) is 0.555. The van der Waals surface area contributed by atoms with Gasteiger partial charge in [0.2, 0.25) is 9.84 Å². The van der Waals surface area contributed by atoms with Crippen LogP contribution in [0.4, 0.5) is 5.69 Å². The number of H-pyrrole nitrogens is 1. The molecule has 8 heteroatoms. The minimum atomic E-state index is -3.79. The maximum absolute atomic E-state index is 13.5. The Balaban J connectivity index is 1.67. The van der Waals surface area contributed by atoms with E-state index >= 15 is 0 Å². The third kappa shape index (κ3) is 2.73. The summed E-state index contributed by atoms with van der Waals surface area (Å²) in [7, 11) is -3.79. The Kier molecular flexibility index (Phi) is 4.03. The molecule has 0 radical (unpaired) electrons. The molecular weight excluding hydrogens is 374 g/mol. The molecule has 1 fully saturated rings. The van der Waals surface area contributed by atoms with E-state index in [0.29, 0.717) is 16.4 Å². The van der Waals surface area contributed by atoms with E-state index in [1.165, 1.54) is 0 Å². The van der Waals surface area contributed by atoms with Gasteiger partial charge in [-0.1, -0.05) is 36.4 Å². The number of fused-ring (bicyclic) bond motifs is 2. The number of benzene rings is 2. The smallest absolute Gasteiger partial charge is 0.224 e. The molecule has 2 N–H and O–H groups in total. The minimum absolute atomic E-state index is 0.0864. The number of piperazine rings is 1. The van der Waals surface area contributed by atoms with Crippen LogP contribution >= 0.6 is 0 Å². The van der Waals surface area contributed by atoms with Gasteiger partial charge in [0.25, 0.3) is 0 Å². The molecule has 0 atom stereocenters. The highest BCUT2D eigenvalue weighted by Gasteiger charge is 2.26. The van der Waals surface area contributed by atoms with Crippen molar-refractivity contribution in [3.63, 3.8) is 0 Å². The molecule has 4 aromatic rings. The molecule has 3 heterocycles. The molecule has 7 nitrogen and oxygen atoms in total. The zero-order chi connectivity index (χ0) is 19.1. The SMILES string of the molecule is O=S(=O)(c1cccc2ccccc12)c1[nH]nc2ncc(N3CCNCC3)cc12. The van der Waals surface area contributed by atoms with Gasteiger partial charge in [0, 0.05) is 31.6 Å². The Hall–Kier alpha value is -2.97. The summed E-state index contributed by atoms with van der Waals surface area (Å²) in [6, 6.07) is 14.6. The molecule has 28 heavy (non-hydrogen) atoms. The maximum atomic E-state index is 13.5. The number of anilines is 1. The second kappa shape index (κ2) is 6.57. The molecule has 0 unspecified atom stereocenters. The Morgan fingerprint density at radius 2 is 1.75 bits per heavy atom. The van der Waals surface area contributed by atoms with Crippen molar-refractivity contribution < 1.29 is 8.42 Å². The molecule has 0 spiro atoms. The molecule has 0 bridgehead atoms. The van der Waals surface area contributed by atoms with Gasteiger partial charge in [-0.15, -0.1) is 0 Å². The van der Waals surface area contributed by atoms with Gasteiger partial charge in [-0.05, 0) is 17.5 Å². The van der Waals surface area contributed by atoms with Gasteiger partial charge in [0.15, 0.2) is 10.7 Å². The number of nitrogens with one attached hydrogen (secondary N) is 2. The lowest BCUT2D eigenvalue weighted by Crippen LogP contribution is -2.43. The van der Waals surface area contributed by atoms with Crippen molar-refractivity contribution in [2.45, 2.75) is 9.92 Å². The molecule has 1 saturated heterocycles. The molecule has 2 aromatic carbocycles. The van der Waals surface area contributed by atoms with Gasteiger partial charge >= 0.3 is 0 Å². The summed E-state index contributed by atoms with van der Waals surface area (Å²) in [6.07, 6.45) is 1.75. The molecule has 1 aliphatic heterocycles. The van der Waals surface area contributed by atoms with Crippen LogP contribution in [0.5, 0.6) is 0 Å². The van der Waals surface area contributed by atoms with E-state index in [1.807, 2.05) is 36.4 Å². The van der Waals surface area contributed by atoms with Crippen molar-refractivity contribution in [3.8, 4) is 0 Å². The summed E-state index contributed by atoms with van der Waals surface area (Å²) in [6.45, 7) is 3.50. The first kappa shape index (κ1) is 17.2. The van der Waals surface area contributed by atoms with Gasteiger partial charge in [-0.3, -0.25) is 5.10 Å². The topological polar surface area (TPSA) is 91.0 Å². The van der Waals surface area contributed by atoms with Crippen LogP contribution in [0.1, 0.15) is 0 Å². The number of sulfone groups is 1. The third-order valence-electron chi connectivity index (χ3n) is 5.15. The van der Waals surface area contributed by atoms with Crippen molar-refractivity contribution >= 4 is 37.3 Å². The van der Waals surface area contributed by atoms with Crippen molar-refractivity contribution in [1.29, 1.82) is 0 Å². The molecular formula is C20H19N5O2S. The molecule has 1 aliphatic rings. The number of pyridine rings is 1. The average Bonchev–Trinajstić information content (AvgIpc) is 3.18. The fourth-order valence-electron chi connectivity index (χ4n) is 3.71. The Morgan fingerprint density at radius 1 is 0.964 bits per heavy atom. The van der Waals surface area contributed by atoms with Gasteiger partial charge in [0.05, 0.1) is 22.2 Å². The highest BCUT2D eigenvalue weighted by Crippen LogP contribution is 2.32. The van der Waals surface area contributed by atoms with E-state index in [-0.39, 0.29) is 9.92 Å². The normalized spacial score (nSPS) is 15.4. The molecule has 5 rings (SSSR count). The van der Waals surface area contributed by atoms with E-state index in [2.05, 4.69) is 25.4 Å². The minimum Gasteiger partial charge on any atom is -0.368 e. The first-order valence-electron chi connectivity index (χ1n) is 9.17. The van der Waals surface area contributed by atoms with Crippen LogP contribution in [0.15, 0.2) is 64.6 Å². The van der Waals surface area contributed by atoms with Crippen LogP contribution in [0.3, 0.4) is 0 Å². The molecule has 0 aliphatic carbocycles. The van der Waals surface area contributed by atoms with Crippen LogP contribution in [0.25, 0.3) is 21.8 Å². The number of nitrogens with zero attached hydrogens (tertiary/aromatic N) is 3. The summed E-state index contributed by atoms with van der Waals surface area (Å²) in [4.78, 5) is 6.84. The molecule has 142 valence electrons.